The van der Waals surface area contributed by atoms with E-state index in [9.17, 15) is 9.59 Å². The first kappa shape index (κ1) is 15.3. The molecule has 1 unspecified atom stereocenters. The number of methoxy groups -OCH3 is 1. The topological polar surface area (TPSA) is 51.5 Å². The van der Waals surface area contributed by atoms with Crippen LogP contribution >= 0.6 is 0 Å². The Labute approximate surface area is 135 Å². The van der Waals surface area contributed by atoms with Gasteiger partial charge in [-0.05, 0) is 36.6 Å². The third-order valence-corrected chi connectivity index (χ3v) is 4.34. The second-order valence-electron chi connectivity index (χ2n) is 5.80. The van der Waals surface area contributed by atoms with Crippen LogP contribution in [0.4, 0.5) is 0 Å². The first-order chi connectivity index (χ1) is 11.1. The zero-order valence-electron chi connectivity index (χ0n) is 13.4. The molecule has 1 aromatic heterocycles. The molecule has 0 bridgehead atoms. The van der Waals surface area contributed by atoms with Crippen molar-refractivity contribution in [3.8, 4) is 5.75 Å². The van der Waals surface area contributed by atoms with Crippen LogP contribution in [0.2, 0.25) is 0 Å². The van der Waals surface area contributed by atoms with Gasteiger partial charge in [0.2, 0.25) is 0 Å². The summed E-state index contributed by atoms with van der Waals surface area (Å²) in [6, 6.07) is 11.0. The van der Waals surface area contributed by atoms with Crippen LogP contribution < -0.4 is 10.3 Å². The van der Waals surface area contributed by atoms with Gasteiger partial charge in [0, 0.05) is 31.4 Å². The number of carbonyl (C=O) groups excluding carboxylic acids is 1. The summed E-state index contributed by atoms with van der Waals surface area (Å²) in [5, 5.41) is 0. The Morgan fingerprint density at radius 1 is 1.26 bits per heavy atom. The number of aromatic nitrogens is 1. The zero-order chi connectivity index (χ0) is 16.4. The van der Waals surface area contributed by atoms with E-state index >= 15 is 0 Å². The largest absolute Gasteiger partial charge is 0.497 e. The fourth-order valence-electron chi connectivity index (χ4n) is 3.05. The molecule has 23 heavy (non-hydrogen) atoms. The first-order valence-corrected chi connectivity index (χ1v) is 7.72. The third kappa shape index (κ3) is 2.99. The summed E-state index contributed by atoms with van der Waals surface area (Å²) >= 11 is 0. The SMILES string of the molecule is COc1cccc(C2CCCN2C(=O)c2ccn(C)c(=O)c2)c1. The number of pyridine rings is 1. The molecule has 2 aromatic rings. The van der Waals surface area contributed by atoms with Crippen molar-refractivity contribution in [2.75, 3.05) is 13.7 Å². The number of nitrogens with zero attached hydrogens (tertiary/aromatic N) is 2. The maximum absolute atomic E-state index is 12.8. The molecule has 5 nitrogen and oxygen atoms in total. The summed E-state index contributed by atoms with van der Waals surface area (Å²) in [6.45, 7) is 0.704. The summed E-state index contributed by atoms with van der Waals surface area (Å²) in [5.74, 6) is 0.698. The Hall–Kier alpha value is -2.56. The van der Waals surface area contributed by atoms with Crippen LogP contribution in [0.25, 0.3) is 0 Å². The molecule has 0 aliphatic carbocycles. The summed E-state index contributed by atoms with van der Waals surface area (Å²) in [5.41, 5.74) is 1.34. The van der Waals surface area contributed by atoms with Gasteiger partial charge in [-0.1, -0.05) is 12.1 Å². The molecule has 0 saturated carbocycles. The first-order valence-electron chi connectivity index (χ1n) is 7.72. The highest BCUT2D eigenvalue weighted by Crippen LogP contribution is 2.34. The van der Waals surface area contributed by atoms with Crippen molar-refractivity contribution in [1.29, 1.82) is 0 Å². The highest BCUT2D eigenvalue weighted by atomic mass is 16.5. The molecule has 5 heteroatoms. The predicted octanol–water partition coefficient (Wildman–Crippen LogP) is 2.37. The van der Waals surface area contributed by atoms with Gasteiger partial charge in [0.05, 0.1) is 13.2 Å². The molecular formula is C18H20N2O3. The maximum Gasteiger partial charge on any atom is 0.254 e. The molecule has 0 radical (unpaired) electrons. The van der Waals surface area contributed by atoms with Crippen LogP contribution in [0.3, 0.4) is 0 Å². The van der Waals surface area contributed by atoms with E-state index in [2.05, 4.69) is 0 Å². The Morgan fingerprint density at radius 3 is 2.83 bits per heavy atom. The molecule has 1 aliphatic heterocycles. The summed E-state index contributed by atoms with van der Waals surface area (Å²) in [4.78, 5) is 26.4. The van der Waals surface area contributed by atoms with Gasteiger partial charge in [-0.25, -0.2) is 0 Å². The number of benzene rings is 1. The quantitative estimate of drug-likeness (QED) is 0.874. The Balaban J connectivity index is 1.89. The van der Waals surface area contributed by atoms with Gasteiger partial charge in [0.1, 0.15) is 5.75 Å². The number of hydrogen-bond acceptors (Lipinski definition) is 3. The number of carbonyl (C=O) groups is 1. The second kappa shape index (κ2) is 6.28. The van der Waals surface area contributed by atoms with Gasteiger partial charge in [0.15, 0.2) is 0 Å². The monoisotopic (exact) mass is 312 g/mol. The Kier molecular flexibility index (Phi) is 4.19. The van der Waals surface area contributed by atoms with Crippen LogP contribution in [0.5, 0.6) is 5.75 Å². The molecular weight excluding hydrogens is 292 g/mol. The van der Waals surface area contributed by atoms with Crippen LogP contribution in [-0.2, 0) is 7.05 Å². The van der Waals surface area contributed by atoms with Gasteiger partial charge in [-0.2, -0.15) is 0 Å². The molecule has 1 aliphatic rings. The Bertz CT molecular complexity index is 782. The second-order valence-corrected chi connectivity index (χ2v) is 5.80. The molecule has 2 heterocycles. The van der Waals surface area contributed by atoms with E-state index in [1.54, 1.807) is 26.4 Å². The van der Waals surface area contributed by atoms with Gasteiger partial charge in [-0.3, -0.25) is 9.59 Å². The fraction of sp³-hybridized carbons (Fsp3) is 0.333. The minimum atomic E-state index is -0.173. The highest BCUT2D eigenvalue weighted by Gasteiger charge is 2.30. The number of amides is 1. The third-order valence-electron chi connectivity index (χ3n) is 4.34. The summed E-state index contributed by atoms with van der Waals surface area (Å²) < 4.78 is 6.73. The van der Waals surface area contributed by atoms with E-state index in [4.69, 9.17) is 4.74 Å². The Morgan fingerprint density at radius 2 is 2.09 bits per heavy atom. The van der Waals surface area contributed by atoms with E-state index in [0.29, 0.717) is 12.1 Å². The van der Waals surface area contributed by atoms with Crippen molar-refractivity contribution >= 4 is 5.91 Å². The lowest BCUT2D eigenvalue weighted by Gasteiger charge is -2.25. The van der Waals surface area contributed by atoms with E-state index in [0.717, 1.165) is 24.2 Å². The predicted molar refractivity (Wildman–Crippen MR) is 87.7 cm³/mol. The smallest absolute Gasteiger partial charge is 0.254 e. The van der Waals surface area contributed by atoms with Crippen LogP contribution in [0.15, 0.2) is 47.4 Å². The minimum Gasteiger partial charge on any atom is -0.497 e. The molecule has 0 N–H and O–H groups in total. The molecule has 0 spiro atoms. The lowest BCUT2D eigenvalue weighted by Crippen LogP contribution is -2.31. The van der Waals surface area contributed by atoms with Crippen molar-refractivity contribution in [1.82, 2.24) is 9.47 Å². The maximum atomic E-state index is 12.8. The van der Waals surface area contributed by atoms with E-state index in [-0.39, 0.29) is 17.5 Å². The van der Waals surface area contributed by atoms with Crippen molar-refractivity contribution in [3.05, 3.63) is 64.1 Å². The van der Waals surface area contributed by atoms with Crippen LogP contribution in [0, 0.1) is 0 Å². The molecule has 1 amide bonds. The molecule has 1 aromatic carbocycles. The van der Waals surface area contributed by atoms with E-state index < -0.39 is 0 Å². The van der Waals surface area contributed by atoms with Crippen molar-refractivity contribution < 1.29 is 9.53 Å². The number of aryl methyl sites for hydroxylation is 1. The molecule has 120 valence electrons. The van der Waals surface area contributed by atoms with E-state index in [1.807, 2.05) is 29.2 Å². The van der Waals surface area contributed by atoms with Crippen molar-refractivity contribution in [3.63, 3.8) is 0 Å². The van der Waals surface area contributed by atoms with Crippen LogP contribution in [-0.4, -0.2) is 29.0 Å². The fourth-order valence-corrected chi connectivity index (χ4v) is 3.05. The minimum absolute atomic E-state index is 0.0293. The highest BCUT2D eigenvalue weighted by molar-refractivity contribution is 5.94. The molecule has 3 rings (SSSR count). The average molecular weight is 312 g/mol. The normalized spacial score (nSPS) is 17.3. The molecule has 1 saturated heterocycles. The standard InChI is InChI=1S/C18H20N2O3/c1-19-10-8-14(12-17(19)21)18(22)20-9-4-7-16(20)13-5-3-6-15(11-13)23-2/h3,5-6,8,10-12,16H,4,7,9H2,1-2H3. The number of ether oxygens (including phenoxy) is 1. The number of rotatable bonds is 3. The number of hydrogen-bond donors (Lipinski definition) is 0. The lowest BCUT2D eigenvalue weighted by molar-refractivity contribution is 0.0735. The van der Waals surface area contributed by atoms with Crippen molar-refractivity contribution in [2.24, 2.45) is 7.05 Å². The van der Waals surface area contributed by atoms with Gasteiger partial charge < -0.3 is 14.2 Å². The van der Waals surface area contributed by atoms with Gasteiger partial charge in [-0.15, -0.1) is 0 Å². The summed E-state index contributed by atoms with van der Waals surface area (Å²) in [7, 11) is 3.31. The van der Waals surface area contributed by atoms with E-state index in [1.165, 1.54) is 10.6 Å². The lowest BCUT2D eigenvalue weighted by atomic mass is 10.0. The average Bonchev–Trinajstić information content (AvgIpc) is 3.06. The number of likely N-dealkylation sites (tertiary alicyclic amines) is 1. The van der Waals surface area contributed by atoms with Gasteiger partial charge >= 0.3 is 0 Å². The zero-order valence-corrected chi connectivity index (χ0v) is 13.4. The van der Waals surface area contributed by atoms with Crippen LogP contribution in [0.1, 0.15) is 34.8 Å². The summed E-state index contributed by atoms with van der Waals surface area (Å²) in [6.07, 6.45) is 3.51. The van der Waals surface area contributed by atoms with Crippen molar-refractivity contribution in [2.45, 2.75) is 18.9 Å². The molecule has 1 atom stereocenters. The molecule has 1 fully saturated rings. The van der Waals surface area contributed by atoms with Gasteiger partial charge in [0.25, 0.3) is 11.5 Å².